The van der Waals surface area contributed by atoms with Gasteiger partial charge in [-0.15, -0.1) is 0 Å². The van der Waals surface area contributed by atoms with E-state index < -0.39 is 24.3 Å². The van der Waals surface area contributed by atoms with Crippen LogP contribution in [-0.4, -0.2) is 22.7 Å². The summed E-state index contributed by atoms with van der Waals surface area (Å²) in [5, 5.41) is 6.36. The van der Waals surface area contributed by atoms with Crippen LogP contribution in [-0.2, 0) is 17.5 Å². The van der Waals surface area contributed by atoms with Gasteiger partial charge in [0.25, 0.3) is 5.91 Å². The van der Waals surface area contributed by atoms with Crippen LogP contribution < -0.4 is 10.1 Å². The van der Waals surface area contributed by atoms with E-state index in [1.807, 2.05) is 31.2 Å². The average molecular weight is 391 g/mol. The zero-order chi connectivity index (χ0) is 20.1. The molecule has 28 heavy (non-hydrogen) atoms. The normalized spacial score (nSPS) is 11.3. The molecule has 0 saturated carbocycles. The van der Waals surface area contributed by atoms with Crippen LogP contribution in [0.4, 0.5) is 13.2 Å². The van der Waals surface area contributed by atoms with E-state index >= 15 is 0 Å². The minimum absolute atomic E-state index is 0.0242. The first-order chi connectivity index (χ1) is 13.3. The number of aryl methyl sites for hydroxylation is 1. The van der Waals surface area contributed by atoms with E-state index in [1.165, 1.54) is 12.1 Å². The summed E-state index contributed by atoms with van der Waals surface area (Å²) in [6.45, 7) is 1.47. The molecule has 146 valence electrons. The number of carbonyl (C=O) groups excluding carboxylic acids is 1. The highest BCUT2D eigenvalue weighted by atomic mass is 19.4. The van der Waals surface area contributed by atoms with Crippen molar-refractivity contribution in [2.24, 2.45) is 0 Å². The van der Waals surface area contributed by atoms with Gasteiger partial charge in [0.2, 0.25) is 11.7 Å². The minimum Gasteiger partial charge on any atom is -0.484 e. The molecule has 3 aromatic rings. The van der Waals surface area contributed by atoms with Crippen LogP contribution in [0, 0.1) is 6.92 Å². The summed E-state index contributed by atoms with van der Waals surface area (Å²) in [6.07, 6.45) is -4.48. The number of benzene rings is 2. The maximum absolute atomic E-state index is 12.7. The molecular formula is C19H16F3N3O3. The molecule has 0 aliphatic carbocycles. The van der Waals surface area contributed by atoms with E-state index in [0.29, 0.717) is 5.82 Å². The standard InChI is InChI=1S/C19H16F3N3O3/c1-12-4-2-5-13(8-12)18-24-17(28-25-18)10-23-16(26)11-27-15-7-3-6-14(9-15)19(20,21)22/h2-9H,10-11H2,1H3,(H,23,26). The monoisotopic (exact) mass is 391 g/mol. The smallest absolute Gasteiger partial charge is 0.416 e. The molecule has 3 rings (SSSR count). The second-order valence-corrected chi connectivity index (χ2v) is 5.97. The number of hydrogen-bond donors (Lipinski definition) is 1. The SMILES string of the molecule is Cc1cccc(-c2noc(CNC(=O)COc3cccc(C(F)(F)F)c3)n2)c1. The lowest BCUT2D eigenvalue weighted by molar-refractivity contribution is -0.137. The van der Waals surface area contributed by atoms with Gasteiger partial charge in [0.1, 0.15) is 5.75 Å². The Morgan fingerprint density at radius 3 is 2.71 bits per heavy atom. The first kappa shape index (κ1) is 19.4. The van der Waals surface area contributed by atoms with Crippen molar-refractivity contribution in [2.75, 3.05) is 6.61 Å². The number of halogens is 3. The third-order valence-electron chi connectivity index (χ3n) is 3.71. The molecular weight excluding hydrogens is 375 g/mol. The third kappa shape index (κ3) is 5.09. The van der Waals surface area contributed by atoms with E-state index in [0.717, 1.165) is 23.3 Å². The number of rotatable bonds is 6. The highest BCUT2D eigenvalue weighted by Gasteiger charge is 2.30. The second kappa shape index (κ2) is 8.12. The van der Waals surface area contributed by atoms with E-state index in [9.17, 15) is 18.0 Å². The highest BCUT2D eigenvalue weighted by Crippen LogP contribution is 2.31. The third-order valence-corrected chi connectivity index (χ3v) is 3.71. The van der Waals surface area contributed by atoms with Crippen LogP contribution in [0.2, 0.25) is 0 Å². The van der Waals surface area contributed by atoms with Crippen molar-refractivity contribution in [1.82, 2.24) is 15.5 Å². The second-order valence-electron chi connectivity index (χ2n) is 5.97. The van der Waals surface area contributed by atoms with Crippen molar-refractivity contribution >= 4 is 5.91 Å². The van der Waals surface area contributed by atoms with Gasteiger partial charge < -0.3 is 14.6 Å². The van der Waals surface area contributed by atoms with Crippen LogP contribution in [0.15, 0.2) is 53.1 Å². The van der Waals surface area contributed by atoms with E-state index in [2.05, 4.69) is 15.5 Å². The zero-order valence-electron chi connectivity index (χ0n) is 14.8. The van der Waals surface area contributed by atoms with Gasteiger partial charge in [-0.1, -0.05) is 35.0 Å². The number of carbonyl (C=O) groups is 1. The number of nitrogens with zero attached hydrogens (tertiary/aromatic N) is 2. The maximum Gasteiger partial charge on any atom is 0.416 e. The van der Waals surface area contributed by atoms with Gasteiger partial charge in [-0.3, -0.25) is 4.79 Å². The molecule has 0 bridgehead atoms. The molecule has 0 aliphatic rings. The van der Waals surface area contributed by atoms with Crippen LogP contribution in [0.25, 0.3) is 11.4 Å². The fourth-order valence-electron chi connectivity index (χ4n) is 2.36. The molecule has 1 aromatic heterocycles. The van der Waals surface area contributed by atoms with Gasteiger partial charge in [0.15, 0.2) is 6.61 Å². The minimum atomic E-state index is -4.48. The van der Waals surface area contributed by atoms with Crippen molar-refractivity contribution in [1.29, 1.82) is 0 Å². The quantitative estimate of drug-likeness (QED) is 0.692. The fraction of sp³-hybridized carbons (Fsp3) is 0.211. The van der Waals surface area contributed by atoms with Crippen LogP contribution in [0.1, 0.15) is 17.0 Å². The molecule has 1 heterocycles. The molecule has 0 unspecified atom stereocenters. The Hall–Kier alpha value is -3.36. The van der Waals surface area contributed by atoms with Crippen LogP contribution >= 0.6 is 0 Å². The summed E-state index contributed by atoms with van der Waals surface area (Å²) in [6, 6.07) is 11.9. The number of amides is 1. The Morgan fingerprint density at radius 2 is 1.96 bits per heavy atom. The van der Waals surface area contributed by atoms with Crippen molar-refractivity contribution < 1.29 is 27.2 Å². The number of hydrogen-bond acceptors (Lipinski definition) is 5. The predicted molar refractivity (Wildman–Crippen MR) is 93.3 cm³/mol. The molecule has 0 atom stereocenters. The summed E-state index contributed by atoms with van der Waals surface area (Å²) < 4.78 is 48.2. The predicted octanol–water partition coefficient (Wildman–Crippen LogP) is 3.76. The molecule has 0 fully saturated rings. The van der Waals surface area contributed by atoms with Gasteiger partial charge in [0.05, 0.1) is 12.1 Å². The molecule has 0 saturated heterocycles. The van der Waals surface area contributed by atoms with E-state index in [1.54, 1.807) is 0 Å². The Balaban J connectivity index is 1.51. The summed E-state index contributed by atoms with van der Waals surface area (Å²) in [4.78, 5) is 16.0. The Kier molecular flexibility index (Phi) is 5.62. The molecule has 1 N–H and O–H groups in total. The zero-order valence-corrected chi connectivity index (χ0v) is 14.8. The largest absolute Gasteiger partial charge is 0.484 e. The summed E-state index contributed by atoms with van der Waals surface area (Å²) in [5.41, 5.74) is 0.984. The lowest BCUT2D eigenvalue weighted by Gasteiger charge is -2.10. The van der Waals surface area contributed by atoms with E-state index in [-0.39, 0.29) is 18.2 Å². The highest BCUT2D eigenvalue weighted by molar-refractivity contribution is 5.77. The molecule has 2 aromatic carbocycles. The lowest BCUT2D eigenvalue weighted by Crippen LogP contribution is -2.28. The van der Waals surface area contributed by atoms with Crippen molar-refractivity contribution in [3.05, 3.63) is 65.5 Å². The lowest BCUT2D eigenvalue weighted by atomic mass is 10.1. The first-order valence-electron chi connectivity index (χ1n) is 8.27. The van der Waals surface area contributed by atoms with Crippen molar-refractivity contribution in [3.63, 3.8) is 0 Å². The van der Waals surface area contributed by atoms with Crippen LogP contribution in [0.5, 0.6) is 5.75 Å². The molecule has 0 aliphatic heterocycles. The fourth-order valence-corrected chi connectivity index (χ4v) is 2.36. The van der Waals surface area contributed by atoms with Gasteiger partial charge >= 0.3 is 6.18 Å². The number of alkyl halides is 3. The molecule has 6 nitrogen and oxygen atoms in total. The van der Waals surface area contributed by atoms with Gasteiger partial charge in [-0.2, -0.15) is 18.2 Å². The number of aromatic nitrogens is 2. The maximum atomic E-state index is 12.7. The molecule has 9 heteroatoms. The molecule has 0 spiro atoms. The number of nitrogens with one attached hydrogen (secondary N) is 1. The van der Waals surface area contributed by atoms with Gasteiger partial charge in [0, 0.05) is 5.56 Å². The summed E-state index contributed by atoms with van der Waals surface area (Å²) in [7, 11) is 0. The number of ether oxygens (including phenoxy) is 1. The van der Waals surface area contributed by atoms with Crippen LogP contribution in [0.3, 0.4) is 0 Å². The Bertz CT molecular complexity index is 970. The average Bonchev–Trinajstić information content (AvgIpc) is 3.13. The van der Waals surface area contributed by atoms with E-state index in [4.69, 9.17) is 9.26 Å². The molecule has 0 radical (unpaired) electrons. The van der Waals surface area contributed by atoms with Crippen molar-refractivity contribution in [3.8, 4) is 17.1 Å². The van der Waals surface area contributed by atoms with Gasteiger partial charge in [-0.05, 0) is 31.2 Å². The Morgan fingerprint density at radius 1 is 1.18 bits per heavy atom. The van der Waals surface area contributed by atoms with Gasteiger partial charge in [-0.25, -0.2) is 0 Å². The Labute approximate surface area is 158 Å². The first-order valence-corrected chi connectivity index (χ1v) is 8.27. The topological polar surface area (TPSA) is 77.2 Å². The summed E-state index contributed by atoms with van der Waals surface area (Å²) in [5.74, 6) is 0.00862. The summed E-state index contributed by atoms with van der Waals surface area (Å²) >= 11 is 0. The molecule has 1 amide bonds. The van der Waals surface area contributed by atoms with Crippen molar-refractivity contribution in [2.45, 2.75) is 19.6 Å².